The molecule has 0 amide bonds. The molecule has 19 heavy (non-hydrogen) atoms. The van der Waals surface area contributed by atoms with Gasteiger partial charge in [0.15, 0.2) is 0 Å². The van der Waals surface area contributed by atoms with Gasteiger partial charge in [-0.2, -0.15) is 0 Å². The fourth-order valence-electron chi connectivity index (χ4n) is 1.58. The maximum Gasteiger partial charge on any atom is 0.337 e. The highest BCUT2D eigenvalue weighted by Crippen LogP contribution is 2.22. The standard InChI is InChI=1S/C12H17NO5S/c1-9-5-3-6-10(12(14)15)11(9)13-19(16,17)8-4-7-18-2/h3,5-6,13H,4,7-8H2,1-2H3,(H,14,15). The Morgan fingerprint density at radius 2 is 2.11 bits per heavy atom. The number of carbonyl (C=O) groups is 1. The van der Waals surface area contributed by atoms with Crippen LogP contribution in [0.2, 0.25) is 0 Å². The van der Waals surface area contributed by atoms with Gasteiger partial charge in [0, 0.05) is 13.7 Å². The number of rotatable bonds is 7. The van der Waals surface area contributed by atoms with E-state index in [0.29, 0.717) is 18.6 Å². The molecule has 0 bridgehead atoms. The first-order valence-electron chi connectivity index (χ1n) is 5.69. The summed E-state index contributed by atoms with van der Waals surface area (Å²) in [5.74, 6) is -1.29. The van der Waals surface area contributed by atoms with Crippen molar-refractivity contribution in [3.05, 3.63) is 29.3 Å². The number of aryl methyl sites for hydroxylation is 1. The molecule has 106 valence electrons. The maximum absolute atomic E-state index is 11.8. The number of para-hydroxylation sites is 1. The lowest BCUT2D eigenvalue weighted by atomic mass is 10.1. The van der Waals surface area contributed by atoms with Crippen molar-refractivity contribution in [3.63, 3.8) is 0 Å². The molecule has 0 atom stereocenters. The summed E-state index contributed by atoms with van der Waals surface area (Å²) in [4.78, 5) is 11.1. The smallest absolute Gasteiger partial charge is 0.337 e. The normalized spacial score (nSPS) is 11.3. The van der Waals surface area contributed by atoms with Gasteiger partial charge in [-0.1, -0.05) is 12.1 Å². The van der Waals surface area contributed by atoms with Crippen molar-refractivity contribution in [2.45, 2.75) is 13.3 Å². The molecule has 0 heterocycles. The molecule has 0 radical (unpaired) electrons. The number of methoxy groups -OCH3 is 1. The minimum atomic E-state index is -3.58. The van der Waals surface area contributed by atoms with Crippen LogP contribution < -0.4 is 4.72 Å². The molecule has 0 unspecified atom stereocenters. The Labute approximate surface area is 112 Å². The van der Waals surface area contributed by atoms with Crippen molar-refractivity contribution in [2.24, 2.45) is 0 Å². The summed E-state index contributed by atoms with van der Waals surface area (Å²) in [5.41, 5.74) is 0.623. The Morgan fingerprint density at radius 1 is 1.42 bits per heavy atom. The van der Waals surface area contributed by atoms with Crippen molar-refractivity contribution in [3.8, 4) is 0 Å². The predicted octanol–water partition coefficient (Wildman–Crippen LogP) is 1.47. The third-order valence-electron chi connectivity index (χ3n) is 2.52. The summed E-state index contributed by atoms with van der Waals surface area (Å²) in [7, 11) is -2.09. The first kappa shape index (κ1) is 15.5. The van der Waals surface area contributed by atoms with Crippen LogP contribution in [0.25, 0.3) is 0 Å². The van der Waals surface area contributed by atoms with Crippen LogP contribution in [0.15, 0.2) is 18.2 Å². The Bertz CT molecular complexity index is 553. The summed E-state index contributed by atoms with van der Waals surface area (Å²) >= 11 is 0. The van der Waals surface area contributed by atoms with E-state index >= 15 is 0 Å². The van der Waals surface area contributed by atoms with Gasteiger partial charge in [-0.3, -0.25) is 4.72 Å². The molecular formula is C12H17NO5S. The molecule has 0 fully saturated rings. The van der Waals surface area contributed by atoms with Crippen LogP contribution >= 0.6 is 0 Å². The predicted molar refractivity (Wildman–Crippen MR) is 72.0 cm³/mol. The van der Waals surface area contributed by atoms with Crippen molar-refractivity contribution in [1.82, 2.24) is 0 Å². The monoisotopic (exact) mass is 287 g/mol. The van der Waals surface area contributed by atoms with Crippen LogP contribution in [-0.4, -0.2) is 39.0 Å². The number of benzene rings is 1. The molecule has 0 saturated heterocycles. The number of aromatic carboxylic acids is 1. The van der Waals surface area contributed by atoms with Crippen LogP contribution in [0.5, 0.6) is 0 Å². The zero-order valence-corrected chi connectivity index (χ0v) is 11.7. The number of nitrogens with one attached hydrogen (secondary N) is 1. The third-order valence-corrected chi connectivity index (χ3v) is 3.86. The first-order chi connectivity index (χ1) is 8.87. The number of ether oxygens (including phenoxy) is 1. The molecule has 0 aliphatic rings. The number of hydrogen-bond acceptors (Lipinski definition) is 4. The van der Waals surface area contributed by atoms with E-state index < -0.39 is 16.0 Å². The minimum Gasteiger partial charge on any atom is -0.478 e. The van der Waals surface area contributed by atoms with E-state index in [1.807, 2.05) is 0 Å². The van der Waals surface area contributed by atoms with Gasteiger partial charge in [-0.25, -0.2) is 13.2 Å². The average molecular weight is 287 g/mol. The van der Waals surface area contributed by atoms with Gasteiger partial charge in [0.2, 0.25) is 10.0 Å². The molecule has 2 N–H and O–H groups in total. The van der Waals surface area contributed by atoms with Crippen molar-refractivity contribution in [1.29, 1.82) is 0 Å². The van der Waals surface area contributed by atoms with Gasteiger partial charge in [0.1, 0.15) is 0 Å². The van der Waals surface area contributed by atoms with Crippen LogP contribution in [0, 0.1) is 6.92 Å². The van der Waals surface area contributed by atoms with E-state index in [0.717, 1.165) is 0 Å². The van der Waals surface area contributed by atoms with Crippen LogP contribution in [0.4, 0.5) is 5.69 Å². The van der Waals surface area contributed by atoms with Crippen LogP contribution in [0.3, 0.4) is 0 Å². The molecule has 0 saturated carbocycles. The van der Waals surface area contributed by atoms with E-state index in [4.69, 9.17) is 9.84 Å². The van der Waals surface area contributed by atoms with E-state index in [9.17, 15) is 13.2 Å². The fourth-order valence-corrected chi connectivity index (χ4v) is 2.76. The molecule has 1 aromatic rings. The van der Waals surface area contributed by atoms with Crippen molar-refractivity contribution in [2.75, 3.05) is 24.2 Å². The molecule has 1 aromatic carbocycles. The highest BCUT2D eigenvalue weighted by Gasteiger charge is 2.17. The lowest BCUT2D eigenvalue weighted by Gasteiger charge is -2.12. The van der Waals surface area contributed by atoms with Gasteiger partial charge >= 0.3 is 5.97 Å². The number of carboxylic acids is 1. The van der Waals surface area contributed by atoms with Crippen molar-refractivity contribution >= 4 is 21.7 Å². The van der Waals surface area contributed by atoms with Gasteiger partial charge in [0.05, 0.1) is 17.0 Å². The van der Waals surface area contributed by atoms with Gasteiger partial charge in [-0.15, -0.1) is 0 Å². The highest BCUT2D eigenvalue weighted by molar-refractivity contribution is 7.92. The fraction of sp³-hybridized carbons (Fsp3) is 0.417. The molecule has 0 aliphatic carbocycles. The molecule has 6 nitrogen and oxygen atoms in total. The maximum atomic E-state index is 11.8. The third kappa shape index (κ3) is 4.53. The number of carboxylic acid groups (broad SMARTS) is 1. The summed E-state index contributed by atoms with van der Waals surface area (Å²) in [6, 6.07) is 4.59. The topological polar surface area (TPSA) is 92.7 Å². The number of hydrogen-bond donors (Lipinski definition) is 2. The Hall–Kier alpha value is -1.60. The first-order valence-corrected chi connectivity index (χ1v) is 7.35. The Morgan fingerprint density at radius 3 is 2.68 bits per heavy atom. The van der Waals surface area contributed by atoms with Crippen LogP contribution in [0.1, 0.15) is 22.3 Å². The largest absolute Gasteiger partial charge is 0.478 e. The average Bonchev–Trinajstić information content (AvgIpc) is 2.31. The number of sulfonamides is 1. The van der Waals surface area contributed by atoms with E-state index in [-0.39, 0.29) is 17.0 Å². The van der Waals surface area contributed by atoms with E-state index in [2.05, 4.69) is 4.72 Å². The second-order valence-corrected chi connectivity index (χ2v) is 5.91. The lowest BCUT2D eigenvalue weighted by Crippen LogP contribution is -2.20. The SMILES string of the molecule is COCCCS(=O)(=O)Nc1c(C)cccc1C(=O)O. The Balaban J connectivity index is 2.95. The highest BCUT2D eigenvalue weighted by atomic mass is 32.2. The molecule has 0 aliphatic heterocycles. The minimum absolute atomic E-state index is 0.0599. The second kappa shape index (κ2) is 6.53. The molecular weight excluding hydrogens is 270 g/mol. The summed E-state index contributed by atoms with van der Waals surface area (Å²) < 4.78 is 30.8. The molecule has 7 heteroatoms. The molecule has 1 rings (SSSR count). The zero-order chi connectivity index (χ0) is 14.5. The summed E-state index contributed by atoms with van der Waals surface area (Å²) in [6.07, 6.45) is 0.347. The molecule has 0 spiro atoms. The summed E-state index contributed by atoms with van der Waals surface area (Å²) in [6.45, 7) is 1.99. The van der Waals surface area contributed by atoms with Crippen LogP contribution in [-0.2, 0) is 14.8 Å². The van der Waals surface area contributed by atoms with Crippen molar-refractivity contribution < 1.29 is 23.1 Å². The molecule has 0 aromatic heterocycles. The lowest BCUT2D eigenvalue weighted by molar-refractivity contribution is 0.0698. The quantitative estimate of drug-likeness (QED) is 0.741. The zero-order valence-electron chi connectivity index (χ0n) is 10.8. The van der Waals surface area contributed by atoms with Gasteiger partial charge in [-0.05, 0) is 25.0 Å². The number of anilines is 1. The van der Waals surface area contributed by atoms with E-state index in [1.54, 1.807) is 19.1 Å². The Kier molecular flexibility index (Phi) is 5.31. The van der Waals surface area contributed by atoms with Gasteiger partial charge in [0.25, 0.3) is 0 Å². The van der Waals surface area contributed by atoms with E-state index in [1.165, 1.54) is 13.2 Å². The van der Waals surface area contributed by atoms with Gasteiger partial charge < -0.3 is 9.84 Å². The summed E-state index contributed by atoms with van der Waals surface area (Å²) in [5, 5.41) is 9.05. The second-order valence-electron chi connectivity index (χ2n) is 4.07.